The van der Waals surface area contributed by atoms with Crippen LogP contribution in [0, 0.1) is 18.3 Å². The van der Waals surface area contributed by atoms with Gasteiger partial charge in [0, 0.05) is 5.56 Å². The van der Waals surface area contributed by atoms with Crippen LogP contribution >= 0.6 is 11.3 Å². The van der Waals surface area contributed by atoms with Gasteiger partial charge in [-0.25, -0.2) is 9.67 Å². The van der Waals surface area contributed by atoms with Crippen molar-refractivity contribution < 1.29 is 0 Å². The molecule has 0 aliphatic rings. The third-order valence-corrected chi connectivity index (χ3v) is 7.63. The van der Waals surface area contributed by atoms with E-state index in [1.165, 1.54) is 11.3 Å². The molecule has 0 aliphatic heterocycles. The molecule has 0 unspecified atom stereocenters. The molecule has 0 saturated carbocycles. The quantitative estimate of drug-likeness (QED) is 0.207. The lowest BCUT2D eigenvalue weighted by Gasteiger charge is -2.08. The lowest BCUT2D eigenvalue weighted by atomic mass is 10.0. The summed E-state index contributed by atoms with van der Waals surface area (Å²) in [6.45, 7) is 2.05. The van der Waals surface area contributed by atoms with Crippen LogP contribution in [0.1, 0.15) is 11.1 Å². The Labute approximate surface area is 233 Å². The maximum Gasteiger partial charge on any atom is 0.197 e. The molecule has 0 N–H and O–H groups in total. The predicted molar refractivity (Wildman–Crippen MR) is 159 cm³/mol. The monoisotopic (exact) mass is 535 g/mol. The second-order valence-corrected chi connectivity index (χ2v) is 10.3. The van der Waals surface area contributed by atoms with E-state index < -0.39 is 0 Å². The first-order valence-corrected chi connectivity index (χ1v) is 13.6. The second kappa shape index (κ2) is 9.73. The predicted octanol–water partition coefficient (Wildman–Crippen LogP) is 8.66. The molecule has 0 bridgehead atoms. The molecule has 7 aromatic rings. The summed E-state index contributed by atoms with van der Waals surface area (Å²) < 4.78 is 3.89. The van der Waals surface area contributed by atoms with Crippen molar-refractivity contribution in [2.24, 2.45) is 10.2 Å². The van der Waals surface area contributed by atoms with Crippen molar-refractivity contribution >= 4 is 38.0 Å². The number of rotatable bonds is 5. The maximum absolute atomic E-state index is 10.6. The molecule has 40 heavy (non-hydrogen) atoms. The molecule has 0 spiro atoms. The number of benzene rings is 4. The second-order valence-electron chi connectivity index (χ2n) is 9.31. The Morgan fingerprint density at radius 2 is 1.48 bits per heavy atom. The van der Waals surface area contributed by atoms with Crippen molar-refractivity contribution in [2.45, 2.75) is 6.92 Å². The molecule has 0 saturated heterocycles. The third-order valence-electron chi connectivity index (χ3n) is 6.70. The minimum Gasteiger partial charge on any atom is -0.279 e. The molecule has 3 aromatic heterocycles. The van der Waals surface area contributed by atoms with E-state index in [-0.39, 0.29) is 0 Å². The van der Waals surface area contributed by atoms with Gasteiger partial charge in [-0.2, -0.15) is 10.4 Å². The van der Waals surface area contributed by atoms with Gasteiger partial charge in [0.2, 0.25) is 0 Å². The Balaban J connectivity index is 1.56. The van der Waals surface area contributed by atoms with Crippen LogP contribution in [0.4, 0.5) is 10.7 Å². The molecule has 0 aliphatic carbocycles. The molecule has 0 amide bonds. The fourth-order valence-electron chi connectivity index (χ4n) is 4.82. The summed E-state index contributed by atoms with van der Waals surface area (Å²) in [7, 11) is 0. The fourth-order valence-corrected chi connectivity index (χ4v) is 5.78. The number of nitrogens with zero attached hydrogens (tertiary/aromatic N) is 7. The fraction of sp³-hybridized carbons (Fsp3) is 0.0312. The molecule has 190 valence electrons. The van der Waals surface area contributed by atoms with Crippen LogP contribution in [0.5, 0.6) is 0 Å². The van der Waals surface area contributed by atoms with Gasteiger partial charge in [0.05, 0.1) is 28.1 Å². The van der Waals surface area contributed by atoms with Crippen LogP contribution in [0.25, 0.3) is 44.3 Å². The molecule has 0 radical (unpaired) electrons. The summed E-state index contributed by atoms with van der Waals surface area (Å²) >= 11 is 1.42. The van der Waals surface area contributed by atoms with Gasteiger partial charge in [0.1, 0.15) is 23.0 Å². The van der Waals surface area contributed by atoms with Crippen LogP contribution < -0.4 is 0 Å². The van der Waals surface area contributed by atoms with Gasteiger partial charge in [0.15, 0.2) is 9.96 Å². The average molecular weight is 536 g/mol. The van der Waals surface area contributed by atoms with Gasteiger partial charge >= 0.3 is 0 Å². The number of imidazole rings is 1. The Kier molecular flexibility index (Phi) is 5.77. The summed E-state index contributed by atoms with van der Waals surface area (Å²) in [6.07, 6.45) is 0. The molecule has 0 atom stereocenters. The first kappa shape index (κ1) is 23.7. The Hall–Kier alpha value is -5.39. The lowest BCUT2D eigenvalue weighted by molar-refractivity contribution is 0.888. The number of nitriles is 1. The van der Waals surface area contributed by atoms with Crippen molar-refractivity contribution in [1.29, 1.82) is 5.26 Å². The maximum atomic E-state index is 10.6. The average Bonchev–Trinajstić information content (AvgIpc) is 3.67. The summed E-state index contributed by atoms with van der Waals surface area (Å²) in [5.74, 6) is 0. The molecule has 3 heterocycles. The number of fused-ring (bicyclic) bond motifs is 3. The van der Waals surface area contributed by atoms with Gasteiger partial charge < -0.3 is 0 Å². The molecular weight excluding hydrogens is 514 g/mol. The van der Waals surface area contributed by atoms with Crippen LogP contribution in [-0.4, -0.2) is 19.2 Å². The van der Waals surface area contributed by atoms with Crippen molar-refractivity contribution in [1.82, 2.24) is 19.2 Å². The highest BCUT2D eigenvalue weighted by Gasteiger charge is 2.28. The minimum absolute atomic E-state index is 0.459. The Bertz CT molecular complexity index is 2060. The zero-order valence-corrected chi connectivity index (χ0v) is 22.2. The van der Waals surface area contributed by atoms with E-state index >= 15 is 0 Å². The Morgan fingerprint density at radius 3 is 2.23 bits per heavy atom. The van der Waals surface area contributed by atoms with E-state index in [2.05, 4.69) is 16.3 Å². The largest absolute Gasteiger partial charge is 0.279 e. The number of hydrogen-bond donors (Lipinski definition) is 0. The summed E-state index contributed by atoms with van der Waals surface area (Å²) in [5, 5.41) is 25.5. The van der Waals surface area contributed by atoms with Crippen LogP contribution in [0.3, 0.4) is 0 Å². The van der Waals surface area contributed by atoms with Crippen molar-refractivity contribution in [3.8, 4) is 34.4 Å². The number of aromatic nitrogens is 4. The van der Waals surface area contributed by atoms with E-state index in [1.807, 2.05) is 125 Å². The first-order valence-electron chi connectivity index (χ1n) is 12.7. The summed E-state index contributed by atoms with van der Waals surface area (Å²) in [6, 6.07) is 38.0. The number of azo groups is 1. The smallest absolute Gasteiger partial charge is 0.197 e. The van der Waals surface area contributed by atoms with Gasteiger partial charge in [-0.3, -0.25) is 4.40 Å². The van der Waals surface area contributed by atoms with E-state index in [0.29, 0.717) is 22.0 Å². The zero-order valence-electron chi connectivity index (χ0n) is 21.4. The van der Waals surface area contributed by atoms with Crippen LogP contribution in [-0.2, 0) is 0 Å². The zero-order chi connectivity index (χ0) is 27.1. The van der Waals surface area contributed by atoms with Gasteiger partial charge in [-0.15, -0.1) is 10.2 Å². The number of aryl methyl sites for hydroxylation is 1. The number of thiazole rings is 1. The molecule has 7 nitrogen and oxygen atoms in total. The van der Waals surface area contributed by atoms with Gasteiger partial charge in [0.25, 0.3) is 0 Å². The highest BCUT2D eigenvalue weighted by molar-refractivity contribution is 7.21. The third kappa shape index (κ3) is 3.97. The number of hydrogen-bond acceptors (Lipinski definition) is 6. The highest BCUT2D eigenvalue weighted by Crippen LogP contribution is 2.44. The van der Waals surface area contributed by atoms with Crippen LogP contribution in [0.15, 0.2) is 119 Å². The highest BCUT2D eigenvalue weighted by atomic mass is 32.1. The molecule has 8 heteroatoms. The lowest BCUT2D eigenvalue weighted by Crippen LogP contribution is -1.99. The minimum atomic E-state index is 0.459. The molecule has 4 aromatic carbocycles. The molecular formula is C32H21N7S. The summed E-state index contributed by atoms with van der Waals surface area (Å²) in [4.78, 5) is 5.61. The molecule has 7 rings (SSSR count). The Morgan fingerprint density at radius 1 is 0.775 bits per heavy atom. The molecule has 0 fully saturated rings. The SMILES string of the molecule is Cc1ccc(-n2nc(-c3c(N=Nc4ccccc4)sc4nc5ccccc5n34)c(C#N)c2-c2ccccc2)cc1. The normalized spacial score (nSPS) is 11.5. The van der Waals surface area contributed by atoms with Crippen molar-refractivity contribution in [3.63, 3.8) is 0 Å². The van der Waals surface area contributed by atoms with Crippen molar-refractivity contribution in [3.05, 3.63) is 120 Å². The van der Waals surface area contributed by atoms with E-state index in [9.17, 15) is 5.26 Å². The standard InChI is InChI=1S/C32H21N7S/c1-21-16-18-24(19-17-21)39-29(22-10-4-2-5-11-22)25(20-33)28(37-39)30-31(36-35-23-12-6-3-7-13-23)40-32-34-26-14-8-9-15-27(26)38(30)32/h2-19H,1H3. The van der Waals surface area contributed by atoms with E-state index in [4.69, 9.17) is 10.1 Å². The topological polar surface area (TPSA) is 83.6 Å². The summed E-state index contributed by atoms with van der Waals surface area (Å²) in [5.41, 5.74) is 7.81. The van der Waals surface area contributed by atoms with Crippen LogP contribution in [0.2, 0.25) is 0 Å². The van der Waals surface area contributed by atoms with E-state index in [1.54, 1.807) is 0 Å². The van der Waals surface area contributed by atoms with E-state index in [0.717, 1.165) is 44.2 Å². The van der Waals surface area contributed by atoms with Gasteiger partial charge in [-0.05, 0) is 43.3 Å². The van der Waals surface area contributed by atoms with Crippen molar-refractivity contribution in [2.75, 3.05) is 0 Å². The number of para-hydroxylation sites is 2. The van der Waals surface area contributed by atoms with Gasteiger partial charge in [-0.1, -0.05) is 89.7 Å². The first-order chi connectivity index (χ1) is 19.7.